The second-order valence-electron chi connectivity index (χ2n) is 5.78. The monoisotopic (exact) mass is 260 g/mol. The molecule has 2 rings (SSSR count). The summed E-state index contributed by atoms with van der Waals surface area (Å²) in [4.78, 5) is 9.78. The van der Waals surface area contributed by atoms with Crippen LogP contribution in [0.3, 0.4) is 0 Å². The first-order valence-corrected chi connectivity index (χ1v) is 6.86. The Hall–Kier alpha value is -1.39. The zero-order chi connectivity index (χ0) is 13.9. The normalized spacial score (nSPS) is 12.5. The molecule has 4 heteroatoms. The molecule has 0 fully saturated rings. The van der Waals surface area contributed by atoms with Crippen molar-refractivity contribution in [3.8, 4) is 0 Å². The van der Waals surface area contributed by atoms with Crippen molar-refractivity contribution in [3.63, 3.8) is 0 Å². The molecular formula is C15H24N4. The minimum atomic E-state index is 0.160. The van der Waals surface area contributed by atoms with Crippen LogP contribution in [0.4, 0.5) is 0 Å². The number of fused-ring (bicyclic) bond motifs is 1. The highest BCUT2D eigenvalue weighted by Crippen LogP contribution is 2.17. The van der Waals surface area contributed by atoms with Gasteiger partial charge in [0, 0.05) is 12.1 Å². The van der Waals surface area contributed by atoms with E-state index in [0.29, 0.717) is 0 Å². The number of likely N-dealkylation sites (N-methyl/N-ethyl adjacent to an activating group) is 1. The Labute approximate surface area is 115 Å². The third kappa shape index (κ3) is 3.33. The van der Waals surface area contributed by atoms with Crippen molar-refractivity contribution in [1.29, 1.82) is 0 Å². The molecule has 104 valence electrons. The van der Waals surface area contributed by atoms with Gasteiger partial charge in [-0.3, -0.25) is 0 Å². The number of imidazole rings is 1. The summed E-state index contributed by atoms with van der Waals surface area (Å²) in [5.74, 6) is 0. The third-order valence-corrected chi connectivity index (χ3v) is 4.01. The Balaban J connectivity index is 1.97. The number of hydrogen-bond donors (Lipinski definition) is 2. The number of aromatic amines is 1. The number of aromatic nitrogens is 2. The molecule has 2 aromatic rings. The molecule has 1 heterocycles. The highest BCUT2D eigenvalue weighted by Gasteiger charge is 2.21. The van der Waals surface area contributed by atoms with Crippen LogP contribution in [0, 0.1) is 0 Å². The van der Waals surface area contributed by atoms with E-state index in [2.05, 4.69) is 54.0 Å². The van der Waals surface area contributed by atoms with Gasteiger partial charge in [0.15, 0.2) is 0 Å². The zero-order valence-corrected chi connectivity index (χ0v) is 12.1. The van der Waals surface area contributed by atoms with Crippen LogP contribution in [-0.2, 0) is 6.42 Å². The van der Waals surface area contributed by atoms with Gasteiger partial charge in [-0.1, -0.05) is 6.07 Å². The molecule has 0 atom stereocenters. The lowest BCUT2D eigenvalue weighted by molar-refractivity contribution is 0.150. The minimum absolute atomic E-state index is 0.160. The van der Waals surface area contributed by atoms with Gasteiger partial charge in [0.25, 0.3) is 0 Å². The van der Waals surface area contributed by atoms with Crippen molar-refractivity contribution in [3.05, 3.63) is 30.1 Å². The quantitative estimate of drug-likeness (QED) is 0.837. The molecule has 0 spiro atoms. The molecular weight excluding hydrogens is 236 g/mol. The number of H-pyrrole nitrogens is 1. The summed E-state index contributed by atoms with van der Waals surface area (Å²) in [5.41, 5.74) is 9.31. The summed E-state index contributed by atoms with van der Waals surface area (Å²) in [7, 11) is 2.17. The summed E-state index contributed by atoms with van der Waals surface area (Å²) in [5, 5.41) is 0. The van der Waals surface area contributed by atoms with E-state index in [1.54, 1.807) is 6.33 Å². The van der Waals surface area contributed by atoms with Crippen LogP contribution in [0.1, 0.15) is 25.8 Å². The molecule has 0 aliphatic carbocycles. The van der Waals surface area contributed by atoms with Crippen LogP contribution in [0.5, 0.6) is 0 Å². The highest BCUT2D eigenvalue weighted by molar-refractivity contribution is 5.75. The second kappa shape index (κ2) is 5.72. The van der Waals surface area contributed by atoms with Gasteiger partial charge in [0.2, 0.25) is 0 Å². The third-order valence-electron chi connectivity index (χ3n) is 4.01. The lowest BCUT2D eigenvalue weighted by Gasteiger charge is -2.35. The minimum Gasteiger partial charge on any atom is -0.345 e. The lowest BCUT2D eigenvalue weighted by Crippen LogP contribution is -2.43. The van der Waals surface area contributed by atoms with E-state index in [4.69, 9.17) is 5.73 Å². The van der Waals surface area contributed by atoms with E-state index < -0.39 is 0 Å². The predicted molar refractivity (Wildman–Crippen MR) is 80.2 cm³/mol. The Morgan fingerprint density at radius 2 is 2.16 bits per heavy atom. The number of nitrogens with one attached hydrogen (secondary N) is 1. The molecule has 0 saturated carbocycles. The van der Waals surface area contributed by atoms with E-state index in [0.717, 1.165) is 37.0 Å². The molecule has 0 bridgehead atoms. The number of hydrogen-bond acceptors (Lipinski definition) is 3. The van der Waals surface area contributed by atoms with Gasteiger partial charge < -0.3 is 15.6 Å². The average Bonchev–Trinajstić information content (AvgIpc) is 2.83. The molecule has 0 radical (unpaired) electrons. The van der Waals surface area contributed by atoms with Crippen LogP contribution >= 0.6 is 0 Å². The van der Waals surface area contributed by atoms with Crippen LogP contribution in [0.2, 0.25) is 0 Å². The highest BCUT2D eigenvalue weighted by atomic mass is 15.2. The van der Waals surface area contributed by atoms with Crippen LogP contribution in [-0.4, -0.2) is 40.5 Å². The average molecular weight is 260 g/mol. The predicted octanol–water partition coefficient (Wildman–Crippen LogP) is 2.16. The lowest BCUT2D eigenvalue weighted by atomic mass is 9.98. The Bertz CT molecular complexity index is 530. The maximum absolute atomic E-state index is 5.67. The first-order valence-electron chi connectivity index (χ1n) is 6.86. The van der Waals surface area contributed by atoms with Gasteiger partial charge in [-0.25, -0.2) is 4.98 Å². The van der Waals surface area contributed by atoms with Gasteiger partial charge in [0.1, 0.15) is 0 Å². The van der Waals surface area contributed by atoms with Crippen LogP contribution < -0.4 is 5.73 Å². The fourth-order valence-electron chi connectivity index (χ4n) is 2.28. The van der Waals surface area contributed by atoms with Crippen molar-refractivity contribution in [2.75, 3.05) is 20.1 Å². The fourth-order valence-corrected chi connectivity index (χ4v) is 2.28. The Morgan fingerprint density at radius 3 is 2.89 bits per heavy atom. The molecule has 3 N–H and O–H groups in total. The maximum atomic E-state index is 5.67. The smallest absolute Gasteiger partial charge is 0.0931 e. The summed E-state index contributed by atoms with van der Waals surface area (Å²) in [6.07, 6.45) is 3.80. The molecule has 0 aliphatic heterocycles. The van der Waals surface area contributed by atoms with Crippen molar-refractivity contribution in [2.45, 2.75) is 32.2 Å². The number of nitrogens with two attached hydrogens (primary N) is 1. The van der Waals surface area contributed by atoms with E-state index in [1.807, 2.05) is 0 Å². The maximum Gasteiger partial charge on any atom is 0.0931 e. The number of nitrogens with zero attached hydrogens (tertiary/aromatic N) is 2. The zero-order valence-electron chi connectivity index (χ0n) is 12.1. The number of benzene rings is 1. The molecule has 19 heavy (non-hydrogen) atoms. The Morgan fingerprint density at radius 1 is 1.37 bits per heavy atom. The standard InChI is InChI=1S/C15H24N4/c1-15(2,7-8-16)19(3)9-6-12-4-5-13-14(10-12)18-11-17-13/h4-5,10-11H,6-9,16H2,1-3H3,(H,17,18). The largest absolute Gasteiger partial charge is 0.345 e. The fraction of sp³-hybridized carbons (Fsp3) is 0.533. The van der Waals surface area contributed by atoms with Gasteiger partial charge in [-0.15, -0.1) is 0 Å². The van der Waals surface area contributed by atoms with E-state index in [1.165, 1.54) is 5.56 Å². The van der Waals surface area contributed by atoms with Gasteiger partial charge in [-0.2, -0.15) is 0 Å². The van der Waals surface area contributed by atoms with Crippen molar-refractivity contribution in [2.24, 2.45) is 5.73 Å². The van der Waals surface area contributed by atoms with Gasteiger partial charge in [-0.05, 0) is 58.0 Å². The molecule has 0 amide bonds. The van der Waals surface area contributed by atoms with Gasteiger partial charge in [0.05, 0.1) is 17.4 Å². The summed E-state index contributed by atoms with van der Waals surface area (Å²) in [6.45, 7) is 6.26. The van der Waals surface area contributed by atoms with Crippen LogP contribution in [0.25, 0.3) is 11.0 Å². The van der Waals surface area contributed by atoms with E-state index >= 15 is 0 Å². The van der Waals surface area contributed by atoms with Crippen molar-refractivity contribution < 1.29 is 0 Å². The molecule has 0 saturated heterocycles. The van der Waals surface area contributed by atoms with E-state index in [-0.39, 0.29) is 5.54 Å². The SMILES string of the molecule is CN(CCc1ccc2nc[nH]c2c1)C(C)(C)CCN. The first-order chi connectivity index (χ1) is 9.03. The van der Waals surface area contributed by atoms with E-state index in [9.17, 15) is 0 Å². The van der Waals surface area contributed by atoms with Crippen molar-refractivity contribution >= 4 is 11.0 Å². The Kier molecular flexibility index (Phi) is 4.22. The number of rotatable bonds is 6. The summed E-state index contributed by atoms with van der Waals surface area (Å²) >= 11 is 0. The molecule has 4 nitrogen and oxygen atoms in total. The summed E-state index contributed by atoms with van der Waals surface area (Å²) < 4.78 is 0. The van der Waals surface area contributed by atoms with Crippen molar-refractivity contribution in [1.82, 2.24) is 14.9 Å². The first kappa shape index (κ1) is 14.0. The topological polar surface area (TPSA) is 57.9 Å². The molecule has 1 aromatic heterocycles. The van der Waals surface area contributed by atoms with Gasteiger partial charge >= 0.3 is 0 Å². The molecule has 1 aromatic carbocycles. The van der Waals surface area contributed by atoms with Crippen LogP contribution in [0.15, 0.2) is 24.5 Å². The summed E-state index contributed by atoms with van der Waals surface area (Å²) in [6, 6.07) is 6.42. The molecule has 0 unspecified atom stereocenters. The second-order valence-corrected chi connectivity index (χ2v) is 5.78. The molecule has 0 aliphatic rings.